The number of carbonyl (C=O) groups excluding carboxylic acids is 2. The average molecular weight is 470 g/mol. The number of carbonyl (C=O) groups is 2. The van der Waals surface area contributed by atoms with Gasteiger partial charge in [-0.05, 0) is 44.5 Å². The van der Waals surface area contributed by atoms with E-state index < -0.39 is 12.4 Å². The van der Waals surface area contributed by atoms with Crippen LogP contribution in [0.2, 0.25) is 5.02 Å². The molecule has 1 aliphatic rings. The second-order valence-corrected chi connectivity index (χ2v) is 7.76. The number of alkyl halides is 3. The van der Waals surface area contributed by atoms with Crippen molar-refractivity contribution in [3.63, 3.8) is 0 Å². The van der Waals surface area contributed by atoms with E-state index in [9.17, 15) is 22.8 Å². The Morgan fingerprint density at radius 2 is 1.91 bits per heavy atom. The van der Waals surface area contributed by atoms with Crippen LogP contribution in [0.15, 0.2) is 42.5 Å². The fourth-order valence-electron chi connectivity index (χ4n) is 3.70. The van der Waals surface area contributed by atoms with Crippen LogP contribution >= 0.6 is 11.6 Å². The van der Waals surface area contributed by atoms with Crippen LogP contribution in [0.5, 0.6) is 5.75 Å². The number of benzene rings is 2. The lowest BCUT2D eigenvalue weighted by molar-refractivity contribution is -0.274. The molecule has 2 aromatic carbocycles. The summed E-state index contributed by atoms with van der Waals surface area (Å²) in [5, 5.41) is 5.71. The van der Waals surface area contributed by atoms with Gasteiger partial charge in [0.25, 0.3) is 0 Å². The Balaban J connectivity index is 1.79. The lowest BCUT2D eigenvalue weighted by Crippen LogP contribution is -2.52. The van der Waals surface area contributed by atoms with Crippen molar-refractivity contribution >= 4 is 29.1 Å². The van der Waals surface area contributed by atoms with Crippen LogP contribution in [0.1, 0.15) is 19.3 Å². The van der Waals surface area contributed by atoms with Gasteiger partial charge in [-0.15, -0.1) is 13.2 Å². The molecular formula is C22H23ClF3N3O3. The maximum Gasteiger partial charge on any atom is 0.573 e. The third kappa shape index (κ3) is 5.92. The highest BCUT2D eigenvalue weighted by Gasteiger charge is 2.33. The number of amides is 2. The first-order valence-electron chi connectivity index (χ1n) is 10.1. The van der Waals surface area contributed by atoms with Crippen molar-refractivity contribution < 1.29 is 27.5 Å². The molecule has 1 heterocycles. The number of hydrogen-bond acceptors (Lipinski definition) is 4. The minimum Gasteiger partial charge on any atom is -0.405 e. The van der Waals surface area contributed by atoms with Gasteiger partial charge in [-0.3, -0.25) is 9.59 Å². The molecule has 32 heavy (non-hydrogen) atoms. The number of likely N-dealkylation sites (tertiary alicyclic amines) is 1. The molecule has 0 aromatic heterocycles. The van der Waals surface area contributed by atoms with Gasteiger partial charge in [0.1, 0.15) is 11.8 Å². The van der Waals surface area contributed by atoms with Gasteiger partial charge in [-0.25, -0.2) is 0 Å². The van der Waals surface area contributed by atoms with Gasteiger partial charge in [0.15, 0.2) is 0 Å². The Hall–Kier alpha value is -2.78. The van der Waals surface area contributed by atoms with Gasteiger partial charge in [0.05, 0.1) is 11.6 Å². The van der Waals surface area contributed by atoms with Crippen LogP contribution in [0.3, 0.4) is 0 Å². The van der Waals surface area contributed by atoms with E-state index in [-0.39, 0.29) is 34.7 Å². The summed E-state index contributed by atoms with van der Waals surface area (Å²) in [6, 6.07) is 9.60. The highest BCUT2D eigenvalue weighted by Crippen LogP contribution is 2.38. The molecule has 0 bridgehead atoms. The molecule has 1 atom stereocenters. The lowest BCUT2D eigenvalue weighted by Gasteiger charge is -2.34. The van der Waals surface area contributed by atoms with Crippen LogP contribution < -0.4 is 15.4 Å². The van der Waals surface area contributed by atoms with Crippen molar-refractivity contribution in [1.82, 2.24) is 10.2 Å². The van der Waals surface area contributed by atoms with Gasteiger partial charge in [-0.2, -0.15) is 0 Å². The zero-order valence-corrected chi connectivity index (χ0v) is 18.1. The van der Waals surface area contributed by atoms with Gasteiger partial charge in [-0.1, -0.05) is 35.9 Å². The van der Waals surface area contributed by atoms with Gasteiger partial charge >= 0.3 is 6.36 Å². The van der Waals surface area contributed by atoms with Crippen LogP contribution in [-0.4, -0.2) is 49.3 Å². The summed E-state index contributed by atoms with van der Waals surface area (Å²) < 4.78 is 42.3. The number of nitrogens with one attached hydrogen (secondary N) is 2. The first kappa shape index (κ1) is 23.9. The number of para-hydroxylation sites is 1. The topological polar surface area (TPSA) is 70.7 Å². The molecule has 0 radical (unpaired) electrons. The predicted octanol–water partition coefficient (Wildman–Crippen LogP) is 4.44. The molecule has 0 spiro atoms. The maximum absolute atomic E-state index is 12.9. The highest BCUT2D eigenvalue weighted by atomic mass is 35.5. The number of likely N-dealkylation sites (N-methyl/N-ethyl adjacent to an activating group) is 1. The van der Waals surface area contributed by atoms with Gasteiger partial charge < -0.3 is 20.3 Å². The van der Waals surface area contributed by atoms with Crippen LogP contribution in [-0.2, 0) is 9.59 Å². The molecule has 6 nitrogen and oxygen atoms in total. The summed E-state index contributed by atoms with van der Waals surface area (Å²) in [7, 11) is 1.67. The van der Waals surface area contributed by atoms with E-state index in [1.165, 1.54) is 30.3 Å². The Morgan fingerprint density at radius 3 is 2.59 bits per heavy atom. The standard InChI is InChI=1S/C22H23ClF3N3O3/c1-27-13-20(30)29-11-5-4-7-18(29)21(31)28-14-9-10-15(17(23)12-14)16-6-2-3-8-19(16)32-22(24,25)26/h2-3,6,8-10,12,18,27H,4-5,7,11,13H2,1H3,(H,28,31). The number of rotatable bonds is 6. The highest BCUT2D eigenvalue weighted by molar-refractivity contribution is 6.33. The first-order chi connectivity index (χ1) is 15.2. The summed E-state index contributed by atoms with van der Waals surface area (Å²) in [6.07, 6.45) is -2.63. The summed E-state index contributed by atoms with van der Waals surface area (Å²) in [6.45, 7) is 0.651. The summed E-state index contributed by atoms with van der Waals surface area (Å²) in [4.78, 5) is 26.7. The number of ether oxygens (including phenoxy) is 1. The molecule has 2 N–H and O–H groups in total. The summed E-state index contributed by atoms with van der Waals surface area (Å²) in [5.74, 6) is -0.861. The molecule has 2 aromatic rings. The first-order valence-corrected chi connectivity index (χ1v) is 10.5. The second-order valence-electron chi connectivity index (χ2n) is 7.36. The van der Waals surface area contributed by atoms with Crippen LogP contribution in [0.4, 0.5) is 18.9 Å². The van der Waals surface area contributed by atoms with E-state index in [1.807, 2.05) is 0 Å². The Labute approximate surface area is 188 Å². The zero-order chi connectivity index (χ0) is 23.3. The molecular weight excluding hydrogens is 447 g/mol. The normalized spacial score (nSPS) is 16.5. The van der Waals surface area contributed by atoms with E-state index in [1.54, 1.807) is 24.1 Å². The number of halogens is 4. The number of piperidine rings is 1. The van der Waals surface area contributed by atoms with Gasteiger partial charge in [0.2, 0.25) is 11.8 Å². The van der Waals surface area contributed by atoms with E-state index >= 15 is 0 Å². The molecule has 1 saturated heterocycles. The van der Waals surface area contributed by atoms with E-state index in [4.69, 9.17) is 11.6 Å². The number of anilines is 1. The van der Waals surface area contributed by atoms with E-state index in [0.29, 0.717) is 24.2 Å². The quantitative estimate of drug-likeness (QED) is 0.656. The largest absolute Gasteiger partial charge is 0.573 e. The molecule has 10 heteroatoms. The minimum atomic E-state index is -4.84. The van der Waals surface area contributed by atoms with E-state index in [0.717, 1.165) is 12.8 Å². The second kappa shape index (κ2) is 10.2. The maximum atomic E-state index is 12.9. The molecule has 1 fully saturated rings. The molecule has 172 valence electrons. The predicted molar refractivity (Wildman–Crippen MR) is 115 cm³/mol. The SMILES string of the molecule is CNCC(=O)N1CCCCC1C(=O)Nc1ccc(-c2ccccc2OC(F)(F)F)c(Cl)c1. The van der Waals surface area contributed by atoms with Gasteiger partial charge in [0, 0.05) is 23.4 Å². The molecule has 1 unspecified atom stereocenters. The summed E-state index contributed by atoms with van der Waals surface area (Å²) >= 11 is 6.34. The number of nitrogens with zero attached hydrogens (tertiary/aromatic N) is 1. The fourth-order valence-corrected chi connectivity index (χ4v) is 3.98. The van der Waals surface area contributed by atoms with Crippen molar-refractivity contribution in [1.29, 1.82) is 0 Å². The van der Waals surface area contributed by atoms with Crippen LogP contribution in [0.25, 0.3) is 11.1 Å². The van der Waals surface area contributed by atoms with Crippen molar-refractivity contribution in [3.8, 4) is 16.9 Å². The monoisotopic (exact) mass is 469 g/mol. The fraction of sp³-hybridized carbons (Fsp3) is 0.364. The summed E-state index contributed by atoms with van der Waals surface area (Å²) in [5.41, 5.74) is 0.876. The Bertz CT molecular complexity index is 984. The lowest BCUT2D eigenvalue weighted by atomic mass is 10.0. The van der Waals surface area contributed by atoms with Crippen molar-refractivity contribution in [3.05, 3.63) is 47.5 Å². The molecule has 2 amide bonds. The Kier molecular flexibility index (Phi) is 7.63. The molecule has 0 aliphatic carbocycles. The number of hydrogen-bond donors (Lipinski definition) is 2. The minimum absolute atomic E-state index is 0.143. The molecule has 0 saturated carbocycles. The zero-order valence-electron chi connectivity index (χ0n) is 17.3. The van der Waals surface area contributed by atoms with Crippen LogP contribution in [0, 0.1) is 0 Å². The Morgan fingerprint density at radius 1 is 1.16 bits per heavy atom. The average Bonchev–Trinajstić information content (AvgIpc) is 2.73. The van der Waals surface area contributed by atoms with Crippen molar-refractivity contribution in [2.24, 2.45) is 0 Å². The third-order valence-electron chi connectivity index (χ3n) is 5.09. The molecule has 1 aliphatic heterocycles. The third-order valence-corrected chi connectivity index (χ3v) is 5.41. The molecule has 3 rings (SSSR count). The smallest absolute Gasteiger partial charge is 0.405 e. The van der Waals surface area contributed by atoms with Crippen molar-refractivity contribution in [2.45, 2.75) is 31.7 Å². The van der Waals surface area contributed by atoms with E-state index in [2.05, 4.69) is 15.4 Å². The van der Waals surface area contributed by atoms with Crippen molar-refractivity contribution in [2.75, 3.05) is 25.5 Å².